The summed E-state index contributed by atoms with van der Waals surface area (Å²) >= 11 is 0. The quantitative estimate of drug-likeness (QED) is 0.226. The highest BCUT2D eigenvalue weighted by Crippen LogP contribution is 2.22. The van der Waals surface area contributed by atoms with E-state index >= 15 is 0 Å². The molecule has 3 heteroatoms. The zero-order valence-corrected chi connectivity index (χ0v) is 17.7. The van der Waals surface area contributed by atoms with Crippen molar-refractivity contribution in [3.8, 4) is 17.0 Å². The van der Waals surface area contributed by atoms with Crippen molar-refractivity contribution in [3.63, 3.8) is 0 Å². The van der Waals surface area contributed by atoms with Crippen LogP contribution >= 0.6 is 0 Å². The Labute approximate surface area is 170 Å². The lowest BCUT2D eigenvalue weighted by Gasteiger charge is -2.08. The molecular weight excluding hydrogens is 346 g/mol. The van der Waals surface area contributed by atoms with Crippen molar-refractivity contribution in [2.75, 3.05) is 0 Å². The molecule has 152 valence electrons. The Bertz CT molecular complexity index is 691. The first-order valence-electron chi connectivity index (χ1n) is 10.9. The van der Waals surface area contributed by atoms with Gasteiger partial charge in [-0.15, -0.1) is 0 Å². The third kappa shape index (κ3) is 7.84. The van der Waals surface area contributed by atoms with Crippen LogP contribution in [-0.4, -0.2) is 11.0 Å². The molecule has 28 heavy (non-hydrogen) atoms. The predicted octanol–water partition coefficient (Wildman–Crippen LogP) is 6.99. The average molecular weight is 382 g/mol. The summed E-state index contributed by atoms with van der Waals surface area (Å²) in [5.41, 5.74) is 3.27. The number of pyridine rings is 1. The Morgan fingerprint density at radius 3 is 2.43 bits per heavy atom. The van der Waals surface area contributed by atoms with Gasteiger partial charge >= 0.3 is 5.97 Å². The molecule has 1 unspecified atom stereocenters. The molecule has 0 aliphatic rings. The topological polar surface area (TPSA) is 39.2 Å². The second-order valence-corrected chi connectivity index (χ2v) is 7.77. The summed E-state index contributed by atoms with van der Waals surface area (Å²) in [5.74, 6) is 1.20. The molecule has 1 heterocycles. The van der Waals surface area contributed by atoms with Gasteiger partial charge in [0.25, 0.3) is 0 Å². The van der Waals surface area contributed by atoms with Gasteiger partial charge in [0.15, 0.2) is 0 Å². The molecule has 2 rings (SSSR count). The summed E-state index contributed by atoms with van der Waals surface area (Å²) in [6.07, 6.45) is 11.6. The Balaban J connectivity index is 1.80. The van der Waals surface area contributed by atoms with Crippen molar-refractivity contribution >= 4 is 5.97 Å². The van der Waals surface area contributed by atoms with Crippen LogP contribution in [0.25, 0.3) is 11.3 Å². The second kappa shape index (κ2) is 12.3. The van der Waals surface area contributed by atoms with Gasteiger partial charge in [0.1, 0.15) is 5.75 Å². The summed E-state index contributed by atoms with van der Waals surface area (Å²) in [6, 6.07) is 11.9. The molecule has 0 bridgehead atoms. The number of unbranched alkanes of at least 4 members (excludes halogenated alkanes) is 3. The minimum Gasteiger partial charge on any atom is -0.427 e. The third-order valence-corrected chi connectivity index (χ3v) is 5.30. The lowest BCUT2D eigenvalue weighted by Crippen LogP contribution is -2.07. The van der Waals surface area contributed by atoms with Gasteiger partial charge in [-0.25, -0.2) is 0 Å². The fourth-order valence-electron chi connectivity index (χ4n) is 3.16. The van der Waals surface area contributed by atoms with E-state index in [-0.39, 0.29) is 5.97 Å². The summed E-state index contributed by atoms with van der Waals surface area (Å²) in [4.78, 5) is 16.6. The van der Waals surface area contributed by atoms with E-state index < -0.39 is 0 Å². The first-order chi connectivity index (χ1) is 13.6. The molecule has 3 nitrogen and oxygen atoms in total. The lowest BCUT2D eigenvalue weighted by atomic mass is 10.0. The average Bonchev–Trinajstić information content (AvgIpc) is 2.72. The van der Waals surface area contributed by atoms with Crippen molar-refractivity contribution in [1.29, 1.82) is 0 Å². The zero-order chi connectivity index (χ0) is 20.2. The molecule has 1 atom stereocenters. The van der Waals surface area contributed by atoms with E-state index in [1.807, 2.05) is 30.5 Å². The molecule has 0 aliphatic heterocycles. The Morgan fingerprint density at radius 2 is 1.79 bits per heavy atom. The molecule has 1 aromatic heterocycles. The number of ether oxygens (including phenoxy) is 1. The maximum absolute atomic E-state index is 12.0. The summed E-state index contributed by atoms with van der Waals surface area (Å²) in [7, 11) is 0. The van der Waals surface area contributed by atoms with Gasteiger partial charge in [0.05, 0.1) is 5.69 Å². The monoisotopic (exact) mass is 381 g/mol. The Kier molecular flexibility index (Phi) is 9.74. The van der Waals surface area contributed by atoms with Crippen molar-refractivity contribution in [1.82, 2.24) is 4.98 Å². The van der Waals surface area contributed by atoms with E-state index in [4.69, 9.17) is 4.74 Å². The number of rotatable bonds is 12. The standard InChI is InChI=1S/C25H35NO2/c1-4-6-7-11-21-13-18-24(26-19-21)22-14-16-23(17-15-22)28-25(27)12-9-8-10-20(3)5-2/h13-20H,4-12H2,1-3H3. The third-order valence-electron chi connectivity index (χ3n) is 5.30. The van der Waals surface area contributed by atoms with Crippen molar-refractivity contribution < 1.29 is 9.53 Å². The van der Waals surface area contributed by atoms with Crippen LogP contribution in [0.15, 0.2) is 42.6 Å². The fraction of sp³-hybridized carbons (Fsp3) is 0.520. The van der Waals surface area contributed by atoms with Crippen LogP contribution in [0.1, 0.15) is 77.7 Å². The fourth-order valence-corrected chi connectivity index (χ4v) is 3.16. The molecule has 1 aromatic carbocycles. The summed E-state index contributed by atoms with van der Waals surface area (Å²) in [5, 5.41) is 0. The number of carbonyl (C=O) groups excluding carboxylic acids is 1. The molecule has 0 saturated carbocycles. The van der Waals surface area contributed by atoms with E-state index in [2.05, 4.69) is 37.9 Å². The Hall–Kier alpha value is -2.16. The van der Waals surface area contributed by atoms with Gasteiger partial charge in [-0.05, 0) is 61.1 Å². The summed E-state index contributed by atoms with van der Waals surface area (Å²) in [6.45, 7) is 6.69. The van der Waals surface area contributed by atoms with Crippen LogP contribution in [0.2, 0.25) is 0 Å². The number of benzene rings is 1. The SMILES string of the molecule is CCCCCc1ccc(-c2ccc(OC(=O)CCCCC(C)CC)cc2)nc1. The van der Waals surface area contributed by atoms with Crippen LogP contribution in [-0.2, 0) is 11.2 Å². The number of aryl methyl sites for hydroxylation is 1. The first kappa shape index (κ1) is 22.1. The number of nitrogens with zero attached hydrogens (tertiary/aromatic N) is 1. The highest BCUT2D eigenvalue weighted by atomic mass is 16.5. The first-order valence-corrected chi connectivity index (χ1v) is 10.9. The largest absolute Gasteiger partial charge is 0.427 e. The maximum atomic E-state index is 12.0. The van der Waals surface area contributed by atoms with Crippen LogP contribution in [0.3, 0.4) is 0 Å². The van der Waals surface area contributed by atoms with Crippen LogP contribution in [0, 0.1) is 5.92 Å². The predicted molar refractivity (Wildman–Crippen MR) is 116 cm³/mol. The van der Waals surface area contributed by atoms with Crippen LogP contribution < -0.4 is 4.74 Å². The van der Waals surface area contributed by atoms with Gasteiger partial charge in [0, 0.05) is 18.2 Å². The van der Waals surface area contributed by atoms with E-state index in [9.17, 15) is 4.79 Å². The van der Waals surface area contributed by atoms with E-state index in [0.29, 0.717) is 12.2 Å². The van der Waals surface area contributed by atoms with Gasteiger partial charge in [-0.1, -0.05) is 58.9 Å². The number of hydrogen-bond acceptors (Lipinski definition) is 3. The van der Waals surface area contributed by atoms with Crippen LogP contribution in [0.5, 0.6) is 5.75 Å². The number of carbonyl (C=O) groups is 1. The van der Waals surface area contributed by atoms with Crippen molar-refractivity contribution in [3.05, 3.63) is 48.2 Å². The van der Waals surface area contributed by atoms with Crippen LogP contribution in [0.4, 0.5) is 0 Å². The van der Waals surface area contributed by atoms with Crippen molar-refractivity contribution in [2.24, 2.45) is 5.92 Å². The van der Waals surface area contributed by atoms with Gasteiger partial charge in [-0.3, -0.25) is 9.78 Å². The second-order valence-electron chi connectivity index (χ2n) is 7.77. The minimum atomic E-state index is -0.147. The zero-order valence-electron chi connectivity index (χ0n) is 17.7. The van der Waals surface area contributed by atoms with Gasteiger partial charge in [0.2, 0.25) is 0 Å². The molecular formula is C25H35NO2. The molecule has 0 spiro atoms. The molecule has 0 radical (unpaired) electrons. The maximum Gasteiger partial charge on any atom is 0.311 e. The molecule has 0 N–H and O–H groups in total. The van der Waals surface area contributed by atoms with Crippen molar-refractivity contribution in [2.45, 2.75) is 78.6 Å². The molecule has 0 amide bonds. The lowest BCUT2D eigenvalue weighted by molar-refractivity contribution is -0.134. The number of hydrogen-bond donors (Lipinski definition) is 0. The van der Waals surface area contributed by atoms with E-state index in [1.54, 1.807) is 0 Å². The highest BCUT2D eigenvalue weighted by molar-refractivity contribution is 5.72. The highest BCUT2D eigenvalue weighted by Gasteiger charge is 2.07. The van der Waals surface area contributed by atoms with E-state index in [0.717, 1.165) is 36.4 Å². The van der Waals surface area contributed by atoms with E-state index in [1.165, 1.54) is 37.7 Å². The number of esters is 1. The number of aromatic nitrogens is 1. The summed E-state index contributed by atoms with van der Waals surface area (Å²) < 4.78 is 5.45. The molecule has 0 fully saturated rings. The molecule has 2 aromatic rings. The molecule has 0 saturated heterocycles. The smallest absolute Gasteiger partial charge is 0.311 e. The molecule has 0 aliphatic carbocycles. The van der Waals surface area contributed by atoms with Gasteiger partial charge < -0.3 is 4.74 Å². The normalized spacial score (nSPS) is 12.0. The van der Waals surface area contributed by atoms with Gasteiger partial charge in [-0.2, -0.15) is 0 Å². The Morgan fingerprint density at radius 1 is 1.00 bits per heavy atom. The minimum absolute atomic E-state index is 0.147.